The Balaban J connectivity index is 3.09. The Bertz CT molecular complexity index is 83.4. The molecule has 0 aromatic heterocycles. The van der Waals surface area contributed by atoms with Crippen molar-refractivity contribution in [1.82, 2.24) is 0 Å². The average molecular weight is 119 g/mol. The molecule has 0 radical (unpaired) electrons. The summed E-state index contributed by atoms with van der Waals surface area (Å²) in [5.74, 6) is 0. The third kappa shape index (κ3) is 3.23. The minimum Gasteiger partial charge on any atom is -0.463 e. The number of ether oxygens (including phenoxy) is 1. The van der Waals surface area contributed by atoms with Crippen molar-refractivity contribution in [3.63, 3.8) is 0 Å². The van der Waals surface area contributed by atoms with Gasteiger partial charge in [-0.25, -0.2) is 0 Å². The van der Waals surface area contributed by atoms with Crippen LogP contribution in [-0.2, 0) is 9.53 Å². The van der Waals surface area contributed by atoms with Crippen molar-refractivity contribution in [2.45, 2.75) is 6.23 Å². The van der Waals surface area contributed by atoms with E-state index in [0.29, 0.717) is 0 Å². The van der Waals surface area contributed by atoms with E-state index in [9.17, 15) is 9.70 Å². The molecule has 0 aromatic carbocycles. The molecule has 0 aliphatic heterocycles. The summed E-state index contributed by atoms with van der Waals surface area (Å²) in [6.45, 7) is -0.235. The summed E-state index contributed by atoms with van der Waals surface area (Å²) < 4.78 is 3.96. The Kier molecular flexibility index (Phi) is 3.69. The molecule has 0 saturated carbocycles. The van der Waals surface area contributed by atoms with Gasteiger partial charge in [0, 0.05) is 0 Å². The van der Waals surface area contributed by atoms with E-state index < -0.39 is 6.23 Å². The Morgan fingerprint density at radius 3 is 2.88 bits per heavy atom. The Morgan fingerprint density at radius 1 is 1.88 bits per heavy atom. The van der Waals surface area contributed by atoms with E-state index in [-0.39, 0.29) is 13.1 Å². The van der Waals surface area contributed by atoms with Crippen molar-refractivity contribution in [3.05, 3.63) is 4.91 Å². The number of nitrogens with zero attached hydrogens (tertiary/aromatic N) is 1. The van der Waals surface area contributed by atoms with Crippen molar-refractivity contribution < 1.29 is 14.6 Å². The quantitative estimate of drug-likeness (QED) is 0.390. The summed E-state index contributed by atoms with van der Waals surface area (Å²) in [6.07, 6.45) is -1.43. The molecule has 0 aliphatic rings. The largest absolute Gasteiger partial charge is 0.463 e. The molecule has 0 rings (SSSR count). The van der Waals surface area contributed by atoms with Gasteiger partial charge in [-0.05, 0) is 5.18 Å². The van der Waals surface area contributed by atoms with Gasteiger partial charge in [0.1, 0.15) is 6.61 Å². The first kappa shape index (κ1) is 7.03. The molecule has 46 valence electrons. The number of carbonyl (C=O) groups excluding carboxylic acids is 1. The fraction of sp³-hybridized carbons (Fsp3) is 0.667. The van der Waals surface area contributed by atoms with Crippen molar-refractivity contribution in [1.29, 1.82) is 0 Å². The topological polar surface area (TPSA) is 76.0 Å². The SMILES string of the molecule is O=COCC(O)N=O. The van der Waals surface area contributed by atoms with Crippen LogP contribution in [0.2, 0.25) is 0 Å². The van der Waals surface area contributed by atoms with E-state index in [0.717, 1.165) is 0 Å². The Labute approximate surface area is 45.2 Å². The number of hydrogen-bond acceptors (Lipinski definition) is 5. The van der Waals surface area contributed by atoms with Gasteiger partial charge in [0.25, 0.3) is 6.47 Å². The van der Waals surface area contributed by atoms with Gasteiger partial charge in [0.15, 0.2) is 0 Å². The van der Waals surface area contributed by atoms with Crippen LogP contribution in [-0.4, -0.2) is 24.4 Å². The molecule has 0 aliphatic carbocycles. The maximum atomic E-state index is 9.35. The molecule has 8 heavy (non-hydrogen) atoms. The normalized spacial score (nSPS) is 12.1. The third-order valence-corrected chi connectivity index (χ3v) is 0.435. The van der Waals surface area contributed by atoms with Crippen LogP contribution in [0.4, 0.5) is 0 Å². The van der Waals surface area contributed by atoms with E-state index >= 15 is 0 Å². The van der Waals surface area contributed by atoms with Crippen LogP contribution < -0.4 is 0 Å². The van der Waals surface area contributed by atoms with Gasteiger partial charge in [-0.1, -0.05) is 0 Å². The molecular formula is C3H5NO4. The summed E-state index contributed by atoms with van der Waals surface area (Å²) in [4.78, 5) is 18.7. The van der Waals surface area contributed by atoms with Crippen LogP contribution >= 0.6 is 0 Å². The van der Waals surface area contributed by atoms with Crippen LogP contribution in [0.5, 0.6) is 0 Å². The minimum atomic E-state index is -1.43. The summed E-state index contributed by atoms with van der Waals surface area (Å²) in [6, 6.07) is 0. The van der Waals surface area contributed by atoms with Gasteiger partial charge in [-0.3, -0.25) is 4.79 Å². The summed E-state index contributed by atoms with van der Waals surface area (Å²) in [5, 5.41) is 10.4. The van der Waals surface area contributed by atoms with E-state index in [4.69, 9.17) is 5.11 Å². The van der Waals surface area contributed by atoms with Gasteiger partial charge in [-0.2, -0.15) is 0 Å². The second-order valence-electron chi connectivity index (χ2n) is 1.02. The maximum absolute atomic E-state index is 9.35. The number of carbonyl (C=O) groups is 1. The lowest BCUT2D eigenvalue weighted by atomic mass is 10.6. The van der Waals surface area contributed by atoms with Gasteiger partial charge >= 0.3 is 0 Å². The first-order valence-electron chi connectivity index (χ1n) is 1.87. The van der Waals surface area contributed by atoms with Gasteiger partial charge in [-0.15, -0.1) is 4.91 Å². The van der Waals surface area contributed by atoms with Crippen molar-refractivity contribution in [2.24, 2.45) is 5.18 Å². The second kappa shape index (κ2) is 4.20. The van der Waals surface area contributed by atoms with Crippen LogP contribution in [0.1, 0.15) is 0 Å². The highest BCUT2D eigenvalue weighted by Gasteiger charge is 1.99. The third-order valence-electron chi connectivity index (χ3n) is 0.435. The monoisotopic (exact) mass is 119 g/mol. The Hall–Kier alpha value is -0.970. The molecule has 0 bridgehead atoms. The first-order valence-corrected chi connectivity index (χ1v) is 1.87. The standard InChI is InChI=1S/C3H5NO4/c5-2-8-1-3(6)4-7/h2-3,6H,1H2. The molecule has 0 amide bonds. The lowest BCUT2D eigenvalue weighted by molar-refractivity contribution is -0.131. The van der Waals surface area contributed by atoms with E-state index in [1.807, 2.05) is 0 Å². The van der Waals surface area contributed by atoms with E-state index in [1.165, 1.54) is 0 Å². The van der Waals surface area contributed by atoms with Crippen molar-refractivity contribution in [3.8, 4) is 0 Å². The van der Waals surface area contributed by atoms with Crippen molar-refractivity contribution >= 4 is 6.47 Å². The second-order valence-corrected chi connectivity index (χ2v) is 1.02. The number of aliphatic hydroxyl groups is 1. The zero-order chi connectivity index (χ0) is 6.41. The summed E-state index contributed by atoms with van der Waals surface area (Å²) in [5.41, 5.74) is 0. The van der Waals surface area contributed by atoms with Gasteiger partial charge in [0.2, 0.25) is 6.23 Å². The molecule has 0 saturated heterocycles. The molecule has 0 heterocycles. The molecule has 1 unspecified atom stereocenters. The number of rotatable bonds is 4. The number of nitroso groups, excluding NO2 is 1. The van der Waals surface area contributed by atoms with Crippen LogP contribution in [0.3, 0.4) is 0 Å². The zero-order valence-electron chi connectivity index (χ0n) is 3.98. The lowest BCUT2D eigenvalue weighted by Crippen LogP contribution is -2.10. The predicted molar refractivity (Wildman–Crippen MR) is 23.8 cm³/mol. The summed E-state index contributed by atoms with van der Waals surface area (Å²) in [7, 11) is 0. The fourth-order valence-electron chi connectivity index (χ4n) is 0.156. The van der Waals surface area contributed by atoms with Crippen LogP contribution in [0.25, 0.3) is 0 Å². The van der Waals surface area contributed by atoms with Crippen LogP contribution in [0.15, 0.2) is 5.18 Å². The maximum Gasteiger partial charge on any atom is 0.293 e. The molecule has 0 spiro atoms. The minimum absolute atomic E-state index is 0.133. The molecule has 5 heteroatoms. The lowest BCUT2D eigenvalue weighted by Gasteiger charge is -1.95. The highest BCUT2D eigenvalue weighted by Crippen LogP contribution is 1.81. The van der Waals surface area contributed by atoms with Gasteiger partial charge < -0.3 is 9.84 Å². The molecule has 5 nitrogen and oxygen atoms in total. The fourth-order valence-corrected chi connectivity index (χ4v) is 0.156. The number of hydrogen-bond donors (Lipinski definition) is 1. The van der Waals surface area contributed by atoms with Crippen molar-refractivity contribution in [2.75, 3.05) is 6.61 Å². The highest BCUT2D eigenvalue weighted by atomic mass is 16.5. The van der Waals surface area contributed by atoms with E-state index in [2.05, 4.69) is 9.91 Å². The molecule has 0 aromatic rings. The van der Waals surface area contributed by atoms with E-state index in [1.54, 1.807) is 0 Å². The zero-order valence-corrected chi connectivity index (χ0v) is 3.98. The molecule has 0 fully saturated rings. The first-order chi connectivity index (χ1) is 3.81. The molecule has 1 N–H and O–H groups in total. The molecule has 1 atom stereocenters. The molecular weight excluding hydrogens is 114 g/mol. The summed E-state index contributed by atoms with van der Waals surface area (Å²) >= 11 is 0. The Morgan fingerprint density at radius 2 is 2.50 bits per heavy atom. The number of aliphatic hydroxyl groups excluding tert-OH is 1. The van der Waals surface area contributed by atoms with Gasteiger partial charge in [0.05, 0.1) is 0 Å². The smallest absolute Gasteiger partial charge is 0.293 e. The average Bonchev–Trinajstić information content (AvgIpc) is 1.83. The predicted octanol–water partition coefficient (Wildman–Crippen LogP) is -0.756. The van der Waals surface area contributed by atoms with Crippen LogP contribution in [0, 0.1) is 4.91 Å². The highest BCUT2D eigenvalue weighted by molar-refractivity contribution is 5.36.